The van der Waals surface area contributed by atoms with Gasteiger partial charge in [-0.05, 0) is 58.4 Å². The van der Waals surface area contributed by atoms with Crippen molar-refractivity contribution >= 4 is 29.9 Å². The number of nitrogens with zero attached hydrogens (tertiary/aromatic N) is 3. The fourth-order valence-electron chi connectivity index (χ4n) is 4.78. The van der Waals surface area contributed by atoms with Crippen LogP contribution in [-0.4, -0.2) is 34.2 Å². The molecule has 1 aromatic heterocycles. The maximum atomic E-state index is 6.50. The Morgan fingerprint density at radius 2 is 2.06 bits per heavy atom. The summed E-state index contributed by atoms with van der Waals surface area (Å²) in [6.07, 6.45) is 11.9. The summed E-state index contributed by atoms with van der Waals surface area (Å²) in [4.78, 5) is 9.15. The number of aliphatic imine (C=N–C) groups is 1. The zero-order chi connectivity index (χ0) is 20.8. The molecular formula is C24H36IN5O. The van der Waals surface area contributed by atoms with E-state index in [0.717, 1.165) is 69.3 Å². The first-order valence-electron chi connectivity index (χ1n) is 11.5. The molecule has 1 aromatic carbocycles. The second kappa shape index (κ2) is 11.2. The Morgan fingerprint density at radius 1 is 1.26 bits per heavy atom. The molecule has 6 nitrogen and oxygen atoms in total. The van der Waals surface area contributed by atoms with Gasteiger partial charge in [-0.1, -0.05) is 18.2 Å². The lowest BCUT2D eigenvalue weighted by Crippen LogP contribution is -2.46. The summed E-state index contributed by atoms with van der Waals surface area (Å²) in [7, 11) is 0. The van der Waals surface area contributed by atoms with E-state index in [1.807, 2.05) is 19.3 Å². The molecule has 2 N–H and O–H groups in total. The number of guanidine groups is 1. The third-order valence-electron chi connectivity index (χ3n) is 6.37. The number of fused-ring (bicyclic) bond motifs is 1. The van der Waals surface area contributed by atoms with Crippen molar-refractivity contribution in [2.24, 2.45) is 4.99 Å². The number of hydrogen-bond acceptors (Lipinski definition) is 3. The lowest BCUT2D eigenvalue weighted by molar-refractivity contribution is 0.0396. The van der Waals surface area contributed by atoms with E-state index in [-0.39, 0.29) is 35.6 Å². The van der Waals surface area contributed by atoms with Crippen molar-refractivity contribution in [1.29, 1.82) is 0 Å². The minimum Gasteiger partial charge on any atom is -0.487 e. The number of ether oxygens (including phenoxy) is 1. The molecule has 2 aromatic rings. The minimum absolute atomic E-state index is 0. The molecule has 170 valence electrons. The smallest absolute Gasteiger partial charge is 0.191 e. The summed E-state index contributed by atoms with van der Waals surface area (Å²) < 4.78 is 8.70. The van der Waals surface area contributed by atoms with E-state index in [1.54, 1.807) is 0 Å². The van der Waals surface area contributed by atoms with Gasteiger partial charge in [0.25, 0.3) is 0 Å². The van der Waals surface area contributed by atoms with E-state index in [0.29, 0.717) is 0 Å². The topological polar surface area (TPSA) is 63.5 Å². The monoisotopic (exact) mass is 537 g/mol. The number of para-hydroxylation sites is 1. The van der Waals surface area contributed by atoms with E-state index in [9.17, 15) is 0 Å². The number of nitrogens with one attached hydrogen (secondary N) is 2. The maximum Gasteiger partial charge on any atom is 0.191 e. The predicted octanol–water partition coefficient (Wildman–Crippen LogP) is 4.98. The van der Waals surface area contributed by atoms with Crippen LogP contribution in [-0.2, 0) is 6.54 Å². The first-order chi connectivity index (χ1) is 14.7. The van der Waals surface area contributed by atoms with Crippen LogP contribution in [0.5, 0.6) is 5.75 Å². The van der Waals surface area contributed by atoms with Crippen molar-refractivity contribution in [2.45, 2.75) is 77.0 Å². The summed E-state index contributed by atoms with van der Waals surface area (Å²) in [6, 6.07) is 8.72. The summed E-state index contributed by atoms with van der Waals surface area (Å²) in [6.45, 7) is 6.85. The third kappa shape index (κ3) is 5.93. The molecule has 1 fully saturated rings. The standard InChI is InChI=1S/C24H35N5O.HI/c1-3-25-23(27-14-8-9-16-29-17-15-26-19(29)2)28-21-18-24(12-6-7-13-24)30-22-11-5-4-10-20(21)22;/h4-5,10-11,15,17,21H,3,6-9,12-14,16,18H2,1-2H3,(H2,25,27,28);1H. The average molecular weight is 537 g/mol. The molecule has 7 heteroatoms. The Kier molecular flexibility index (Phi) is 8.63. The van der Waals surface area contributed by atoms with Crippen molar-refractivity contribution < 1.29 is 4.74 Å². The van der Waals surface area contributed by atoms with Gasteiger partial charge in [0.15, 0.2) is 5.96 Å². The molecule has 2 aliphatic rings. The highest BCUT2D eigenvalue weighted by Gasteiger charge is 2.43. The van der Waals surface area contributed by atoms with Crippen molar-refractivity contribution in [2.75, 3.05) is 13.1 Å². The van der Waals surface area contributed by atoms with Gasteiger partial charge >= 0.3 is 0 Å². The number of imidazole rings is 1. The average Bonchev–Trinajstić information content (AvgIpc) is 3.36. The van der Waals surface area contributed by atoms with Gasteiger partial charge in [-0.15, -0.1) is 24.0 Å². The quantitative estimate of drug-likeness (QED) is 0.226. The largest absolute Gasteiger partial charge is 0.487 e. The number of aryl methyl sites for hydroxylation is 2. The Hall–Kier alpha value is -1.77. The van der Waals surface area contributed by atoms with Crippen LogP contribution in [0.15, 0.2) is 41.7 Å². The van der Waals surface area contributed by atoms with Crippen LogP contribution in [0.2, 0.25) is 0 Å². The molecule has 0 amide bonds. The summed E-state index contributed by atoms with van der Waals surface area (Å²) in [5.41, 5.74) is 1.24. The van der Waals surface area contributed by atoms with Crippen molar-refractivity contribution in [3.05, 3.63) is 48.0 Å². The van der Waals surface area contributed by atoms with Gasteiger partial charge in [-0.2, -0.15) is 0 Å². The van der Waals surface area contributed by atoms with Crippen molar-refractivity contribution in [1.82, 2.24) is 20.2 Å². The highest BCUT2D eigenvalue weighted by atomic mass is 127. The maximum absolute atomic E-state index is 6.50. The molecule has 2 heterocycles. The number of benzene rings is 1. The first-order valence-corrected chi connectivity index (χ1v) is 11.5. The zero-order valence-electron chi connectivity index (χ0n) is 18.8. The summed E-state index contributed by atoms with van der Waals surface area (Å²) in [5.74, 6) is 3.02. The first kappa shape index (κ1) is 23.9. The Morgan fingerprint density at radius 3 is 2.81 bits per heavy atom. The summed E-state index contributed by atoms with van der Waals surface area (Å²) >= 11 is 0. The van der Waals surface area contributed by atoms with Gasteiger partial charge in [0.05, 0.1) is 6.04 Å². The van der Waals surface area contributed by atoms with Crippen molar-refractivity contribution in [3.8, 4) is 5.75 Å². The molecule has 1 saturated carbocycles. The van der Waals surface area contributed by atoms with Crippen LogP contribution >= 0.6 is 24.0 Å². The number of rotatable bonds is 7. The van der Waals surface area contributed by atoms with Crippen LogP contribution < -0.4 is 15.4 Å². The lowest BCUT2D eigenvalue weighted by Gasteiger charge is -2.40. The highest BCUT2D eigenvalue weighted by Crippen LogP contribution is 2.46. The fourth-order valence-corrected chi connectivity index (χ4v) is 4.78. The van der Waals surface area contributed by atoms with Gasteiger partial charge in [-0.25, -0.2) is 4.98 Å². The van der Waals surface area contributed by atoms with E-state index in [4.69, 9.17) is 9.73 Å². The van der Waals surface area contributed by atoms with Crippen LogP contribution in [0.25, 0.3) is 0 Å². The number of aromatic nitrogens is 2. The molecule has 1 spiro atoms. The van der Waals surface area contributed by atoms with Crippen LogP contribution in [0.1, 0.15) is 69.3 Å². The van der Waals surface area contributed by atoms with E-state index < -0.39 is 0 Å². The van der Waals surface area contributed by atoms with Crippen LogP contribution in [0.3, 0.4) is 0 Å². The Bertz CT molecular complexity index is 859. The molecule has 0 radical (unpaired) electrons. The second-order valence-corrected chi connectivity index (χ2v) is 8.57. The SMILES string of the molecule is CCNC(=NCCCCn1ccnc1C)NC1CC2(CCCC2)Oc2ccccc21.I. The number of halogens is 1. The second-order valence-electron chi connectivity index (χ2n) is 8.57. The predicted molar refractivity (Wildman–Crippen MR) is 136 cm³/mol. The van der Waals surface area contributed by atoms with Crippen LogP contribution in [0.4, 0.5) is 0 Å². The molecule has 4 rings (SSSR count). The number of unbranched alkanes of at least 4 members (excludes halogenated alkanes) is 1. The molecule has 1 aliphatic heterocycles. The van der Waals surface area contributed by atoms with E-state index in [2.05, 4.69) is 51.4 Å². The highest BCUT2D eigenvalue weighted by molar-refractivity contribution is 14.0. The molecule has 1 atom stereocenters. The number of hydrogen-bond donors (Lipinski definition) is 2. The van der Waals surface area contributed by atoms with Gasteiger partial charge in [0.2, 0.25) is 0 Å². The molecule has 1 unspecified atom stereocenters. The van der Waals surface area contributed by atoms with Crippen molar-refractivity contribution in [3.63, 3.8) is 0 Å². The Balaban J connectivity index is 0.00000272. The summed E-state index contributed by atoms with van der Waals surface area (Å²) in [5, 5.41) is 7.16. The van der Waals surface area contributed by atoms with E-state index in [1.165, 1.54) is 18.4 Å². The van der Waals surface area contributed by atoms with Crippen LogP contribution in [0, 0.1) is 6.92 Å². The minimum atomic E-state index is -0.00793. The zero-order valence-corrected chi connectivity index (χ0v) is 21.1. The molecule has 0 bridgehead atoms. The van der Waals surface area contributed by atoms with Gasteiger partial charge in [-0.3, -0.25) is 4.99 Å². The van der Waals surface area contributed by atoms with Gasteiger partial charge in [0.1, 0.15) is 17.2 Å². The fraction of sp³-hybridized carbons (Fsp3) is 0.583. The third-order valence-corrected chi connectivity index (χ3v) is 6.37. The molecule has 1 aliphatic carbocycles. The molecule has 31 heavy (non-hydrogen) atoms. The Labute approximate surface area is 203 Å². The van der Waals surface area contributed by atoms with E-state index >= 15 is 0 Å². The van der Waals surface area contributed by atoms with Gasteiger partial charge in [0, 0.05) is 44.0 Å². The lowest BCUT2D eigenvalue weighted by atomic mass is 9.86. The molecule has 0 saturated heterocycles. The normalized spacial score (nSPS) is 19.4. The van der Waals surface area contributed by atoms with Gasteiger partial charge < -0.3 is 19.9 Å². The molecular weight excluding hydrogens is 501 g/mol.